The molecule has 0 fully saturated rings. The molecule has 118 valence electrons. The van der Waals surface area contributed by atoms with Gasteiger partial charge in [-0.05, 0) is 38.3 Å². The number of para-hydroxylation sites is 1. The smallest absolute Gasteiger partial charge is 0.224 e. The van der Waals surface area contributed by atoms with Crippen molar-refractivity contribution >= 4 is 17.5 Å². The highest BCUT2D eigenvalue weighted by Gasteiger charge is 2.11. The molecular formula is C18H26N4. The minimum Gasteiger partial charge on any atom is -0.354 e. The molecule has 1 heterocycles. The Balaban J connectivity index is 2.20. The van der Waals surface area contributed by atoms with Gasteiger partial charge in [0.25, 0.3) is 0 Å². The largest absolute Gasteiger partial charge is 0.354 e. The van der Waals surface area contributed by atoms with Crippen LogP contribution >= 0.6 is 0 Å². The number of aromatic nitrogens is 2. The first-order chi connectivity index (χ1) is 10.6. The van der Waals surface area contributed by atoms with E-state index >= 15 is 0 Å². The number of hydrogen-bond acceptors (Lipinski definition) is 4. The van der Waals surface area contributed by atoms with Gasteiger partial charge in [-0.1, -0.05) is 32.0 Å². The van der Waals surface area contributed by atoms with Crippen LogP contribution in [0.25, 0.3) is 0 Å². The summed E-state index contributed by atoms with van der Waals surface area (Å²) in [5, 5.41) is 3.34. The summed E-state index contributed by atoms with van der Waals surface area (Å²) in [6.45, 7) is 10.4. The summed E-state index contributed by atoms with van der Waals surface area (Å²) in [6.07, 6.45) is 1.11. The monoisotopic (exact) mass is 298 g/mol. The first-order valence-corrected chi connectivity index (χ1v) is 8.02. The molecule has 0 unspecified atom stereocenters. The van der Waals surface area contributed by atoms with Crippen molar-refractivity contribution in [3.8, 4) is 0 Å². The maximum absolute atomic E-state index is 4.68. The van der Waals surface area contributed by atoms with Gasteiger partial charge in [0.2, 0.25) is 5.95 Å². The van der Waals surface area contributed by atoms with Crippen LogP contribution in [-0.2, 0) is 0 Å². The summed E-state index contributed by atoms with van der Waals surface area (Å²) < 4.78 is 0. The van der Waals surface area contributed by atoms with Gasteiger partial charge in [0, 0.05) is 30.5 Å². The highest BCUT2D eigenvalue weighted by atomic mass is 15.2. The lowest BCUT2D eigenvalue weighted by atomic mass is 10.1. The van der Waals surface area contributed by atoms with Crippen molar-refractivity contribution in [1.29, 1.82) is 0 Å². The molecular weight excluding hydrogens is 272 g/mol. The molecule has 1 aromatic heterocycles. The van der Waals surface area contributed by atoms with E-state index in [0.717, 1.165) is 36.7 Å². The van der Waals surface area contributed by atoms with Gasteiger partial charge in [0.1, 0.15) is 5.82 Å². The fourth-order valence-electron chi connectivity index (χ4n) is 2.33. The number of nitrogens with zero attached hydrogens (tertiary/aromatic N) is 3. The molecule has 0 spiro atoms. The predicted octanol–water partition coefficient (Wildman–Crippen LogP) is 4.40. The fraction of sp³-hybridized carbons (Fsp3) is 0.444. The average Bonchev–Trinajstić information content (AvgIpc) is 2.48. The molecule has 0 saturated heterocycles. The Bertz CT molecular complexity index is 581. The highest BCUT2D eigenvalue weighted by molar-refractivity contribution is 5.60. The fourth-order valence-corrected chi connectivity index (χ4v) is 2.33. The van der Waals surface area contributed by atoms with Gasteiger partial charge in [-0.15, -0.1) is 0 Å². The third-order valence-electron chi connectivity index (χ3n) is 3.51. The van der Waals surface area contributed by atoms with Crippen LogP contribution in [0.2, 0.25) is 0 Å². The normalized spacial score (nSPS) is 10.8. The number of rotatable bonds is 7. The summed E-state index contributed by atoms with van der Waals surface area (Å²) in [6, 6.07) is 12.4. The summed E-state index contributed by atoms with van der Waals surface area (Å²) in [4.78, 5) is 11.4. The molecule has 1 aromatic carbocycles. The minimum atomic E-state index is 0.674. The molecule has 0 aliphatic carbocycles. The average molecular weight is 298 g/mol. The van der Waals surface area contributed by atoms with Crippen molar-refractivity contribution in [2.75, 3.05) is 23.3 Å². The van der Waals surface area contributed by atoms with E-state index in [2.05, 4.69) is 53.1 Å². The third kappa shape index (κ3) is 4.45. The van der Waals surface area contributed by atoms with Crippen molar-refractivity contribution in [1.82, 2.24) is 9.97 Å². The van der Waals surface area contributed by atoms with Crippen LogP contribution in [0.5, 0.6) is 0 Å². The number of aryl methyl sites for hydroxylation is 1. The van der Waals surface area contributed by atoms with E-state index in [1.807, 2.05) is 31.2 Å². The molecule has 4 heteroatoms. The van der Waals surface area contributed by atoms with Crippen molar-refractivity contribution in [2.24, 2.45) is 5.92 Å². The van der Waals surface area contributed by atoms with Gasteiger partial charge in [0.05, 0.1) is 0 Å². The third-order valence-corrected chi connectivity index (χ3v) is 3.51. The topological polar surface area (TPSA) is 41.1 Å². The second-order valence-electron chi connectivity index (χ2n) is 5.88. The van der Waals surface area contributed by atoms with Crippen LogP contribution in [-0.4, -0.2) is 23.1 Å². The second kappa shape index (κ2) is 7.78. The van der Waals surface area contributed by atoms with E-state index in [1.165, 1.54) is 0 Å². The molecule has 2 rings (SSSR count). The Morgan fingerprint density at radius 2 is 1.86 bits per heavy atom. The number of hydrogen-bond donors (Lipinski definition) is 1. The number of anilines is 3. The van der Waals surface area contributed by atoms with Gasteiger partial charge >= 0.3 is 0 Å². The van der Waals surface area contributed by atoms with E-state index in [-0.39, 0.29) is 0 Å². The lowest BCUT2D eigenvalue weighted by Crippen LogP contribution is -2.19. The molecule has 0 bridgehead atoms. The summed E-state index contributed by atoms with van der Waals surface area (Å²) in [5.74, 6) is 2.33. The first-order valence-electron chi connectivity index (χ1n) is 8.02. The van der Waals surface area contributed by atoms with Gasteiger partial charge in [-0.3, -0.25) is 0 Å². The van der Waals surface area contributed by atoms with Gasteiger partial charge in [-0.25, -0.2) is 4.98 Å². The molecule has 0 radical (unpaired) electrons. The molecule has 1 N–H and O–H groups in total. The van der Waals surface area contributed by atoms with Crippen molar-refractivity contribution < 1.29 is 0 Å². The second-order valence-corrected chi connectivity index (χ2v) is 5.88. The molecule has 4 nitrogen and oxygen atoms in total. The molecule has 0 amide bonds. The van der Waals surface area contributed by atoms with E-state index in [9.17, 15) is 0 Å². The Hall–Kier alpha value is -2.10. The standard InChI is InChI=1S/C18H26N4/c1-5-22(16-9-7-6-8-10-16)17-13-15(4)20-18(21-17)19-12-11-14(2)3/h6-10,13-14H,5,11-12H2,1-4H3,(H,19,20,21). The maximum Gasteiger partial charge on any atom is 0.224 e. The number of nitrogens with one attached hydrogen (secondary N) is 1. The first kappa shape index (κ1) is 16.3. The maximum atomic E-state index is 4.68. The Morgan fingerprint density at radius 1 is 1.14 bits per heavy atom. The Kier molecular flexibility index (Phi) is 5.75. The Morgan fingerprint density at radius 3 is 2.50 bits per heavy atom. The van der Waals surface area contributed by atoms with Crippen LogP contribution in [0.3, 0.4) is 0 Å². The summed E-state index contributed by atoms with van der Waals surface area (Å²) >= 11 is 0. The van der Waals surface area contributed by atoms with Crippen LogP contribution in [0.15, 0.2) is 36.4 Å². The van der Waals surface area contributed by atoms with Crippen LogP contribution < -0.4 is 10.2 Å². The van der Waals surface area contributed by atoms with Gasteiger partial charge < -0.3 is 10.2 Å². The quantitative estimate of drug-likeness (QED) is 0.822. The van der Waals surface area contributed by atoms with Crippen LogP contribution in [0.1, 0.15) is 32.9 Å². The zero-order valence-electron chi connectivity index (χ0n) is 14.0. The SMILES string of the molecule is CCN(c1ccccc1)c1cc(C)nc(NCCC(C)C)n1. The van der Waals surface area contributed by atoms with Crippen LogP contribution in [0, 0.1) is 12.8 Å². The lowest BCUT2D eigenvalue weighted by molar-refractivity contribution is 0.606. The van der Waals surface area contributed by atoms with E-state index in [1.54, 1.807) is 0 Å². The molecule has 0 atom stereocenters. The van der Waals surface area contributed by atoms with Gasteiger partial charge in [-0.2, -0.15) is 4.98 Å². The zero-order chi connectivity index (χ0) is 15.9. The van der Waals surface area contributed by atoms with E-state index in [0.29, 0.717) is 11.9 Å². The van der Waals surface area contributed by atoms with Crippen LogP contribution in [0.4, 0.5) is 17.5 Å². The van der Waals surface area contributed by atoms with Crippen molar-refractivity contribution in [3.05, 3.63) is 42.1 Å². The molecule has 0 aliphatic heterocycles. The molecule has 2 aromatic rings. The van der Waals surface area contributed by atoms with Crippen molar-refractivity contribution in [3.63, 3.8) is 0 Å². The predicted molar refractivity (Wildman–Crippen MR) is 93.8 cm³/mol. The van der Waals surface area contributed by atoms with Gasteiger partial charge in [0.15, 0.2) is 0 Å². The molecule has 0 saturated carbocycles. The summed E-state index contributed by atoms with van der Waals surface area (Å²) in [7, 11) is 0. The molecule has 22 heavy (non-hydrogen) atoms. The molecule has 0 aliphatic rings. The highest BCUT2D eigenvalue weighted by Crippen LogP contribution is 2.24. The summed E-state index contributed by atoms with van der Waals surface area (Å²) in [5.41, 5.74) is 2.13. The van der Waals surface area contributed by atoms with E-state index < -0.39 is 0 Å². The minimum absolute atomic E-state index is 0.674. The van der Waals surface area contributed by atoms with Crippen molar-refractivity contribution in [2.45, 2.75) is 34.1 Å². The lowest BCUT2D eigenvalue weighted by Gasteiger charge is -2.23. The number of benzene rings is 1. The van der Waals surface area contributed by atoms with E-state index in [4.69, 9.17) is 0 Å². The Labute approximate surface area is 133 Å². The zero-order valence-corrected chi connectivity index (χ0v) is 14.0.